The van der Waals surface area contributed by atoms with Crippen molar-refractivity contribution in [1.82, 2.24) is 9.91 Å². The summed E-state index contributed by atoms with van der Waals surface area (Å²) in [5, 5.41) is 4.74. The first-order valence-electron chi connectivity index (χ1n) is 2.77. The Bertz CT molecular complexity index is 143. The van der Waals surface area contributed by atoms with E-state index in [4.69, 9.17) is 5.73 Å². The van der Waals surface area contributed by atoms with Crippen molar-refractivity contribution in [2.75, 3.05) is 21.1 Å². The highest BCUT2D eigenvalue weighted by Crippen LogP contribution is 1.79. The Morgan fingerprint density at radius 2 is 2.00 bits per heavy atom. The van der Waals surface area contributed by atoms with Crippen molar-refractivity contribution in [2.24, 2.45) is 10.8 Å². The third-order valence-corrected chi connectivity index (χ3v) is 0.775. The number of hydrazone groups is 1. The SMILES string of the molecule is CN(C)/C=N/N(C)C(N)=O. The first-order chi connectivity index (χ1) is 4.54. The summed E-state index contributed by atoms with van der Waals surface area (Å²) < 4.78 is 0. The molecule has 0 fully saturated rings. The maximum Gasteiger partial charge on any atom is 0.334 e. The number of amides is 2. The second-order valence-corrected chi connectivity index (χ2v) is 2.06. The van der Waals surface area contributed by atoms with E-state index >= 15 is 0 Å². The molecule has 0 atom stereocenters. The molecule has 0 unspecified atom stereocenters. The topological polar surface area (TPSA) is 61.9 Å². The molecule has 2 amide bonds. The zero-order valence-electron chi connectivity index (χ0n) is 6.40. The van der Waals surface area contributed by atoms with Gasteiger partial charge in [-0.2, -0.15) is 5.10 Å². The number of primary amides is 1. The monoisotopic (exact) mass is 144 g/mol. The fourth-order valence-electron chi connectivity index (χ4n) is 0.238. The van der Waals surface area contributed by atoms with Gasteiger partial charge >= 0.3 is 6.03 Å². The van der Waals surface area contributed by atoms with Gasteiger partial charge in [0.15, 0.2) is 0 Å². The molecule has 0 rings (SSSR count). The molecule has 0 aliphatic heterocycles. The van der Waals surface area contributed by atoms with Gasteiger partial charge in [0.25, 0.3) is 0 Å². The molecule has 58 valence electrons. The molecule has 0 aromatic heterocycles. The zero-order valence-corrected chi connectivity index (χ0v) is 6.40. The molecule has 0 saturated heterocycles. The normalized spacial score (nSPS) is 9.90. The van der Waals surface area contributed by atoms with Crippen LogP contribution < -0.4 is 5.73 Å². The minimum Gasteiger partial charge on any atom is -0.367 e. The second-order valence-electron chi connectivity index (χ2n) is 2.06. The Balaban J connectivity index is 3.77. The molecule has 5 heteroatoms. The van der Waals surface area contributed by atoms with E-state index in [1.54, 1.807) is 19.0 Å². The van der Waals surface area contributed by atoms with Crippen molar-refractivity contribution >= 4 is 12.4 Å². The molecule has 2 N–H and O–H groups in total. The van der Waals surface area contributed by atoms with E-state index in [0.29, 0.717) is 0 Å². The highest BCUT2D eigenvalue weighted by Gasteiger charge is 1.96. The lowest BCUT2D eigenvalue weighted by atomic mass is 10.9. The molecule has 0 aliphatic rings. The molecule has 0 aromatic rings. The molecule has 0 heterocycles. The van der Waals surface area contributed by atoms with Crippen LogP contribution >= 0.6 is 0 Å². The van der Waals surface area contributed by atoms with Crippen molar-refractivity contribution in [2.45, 2.75) is 0 Å². The van der Waals surface area contributed by atoms with Crippen molar-refractivity contribution < 1.29 is 4.79 Å². The van der Waals surface area contributed by atoms with Crippen molar-refractivity contribution in [3.8, 4) is 0 Å². The summed E-state index contributed by atoms with van der Waals surface area (Å²) in [6, 6.07) is -0.571. The Kier molecular flexibility index (Phi) is 3.24. The van der Waals surface area contributed by atoms with Crippen LogP contribution in [0.15, 0.2) is 5.10 Å². The van der Waals surface area contributed by atoms with Gasteiger partial charge < -0.3 is 10.6 Å². The molecule has 0 aliphatic carbocycles. The smallest absolute Gasteiger partial charge is 0.334 e. The third kappa shape index (κ3) is 3.71. The van der Waals surface area contributed by atoms with Crippen LogP contribution in [0.5, 0.6) is 0 Å². The lowest BCUT2D eigenvalue weighted by Gasteiger charge is -2.08. The predicted molar refractivity (Wildman–Crippen MR) is 39.5 cm³/mol. The van der Waals surface area contributed by atoms with Crippen LogP contribution in [0.4, 0.5) is 4.79 Å². The van der Waals surface area contributed by atoms with Gasteiger partial charge in [-0.15, -0.1) is 0 Å². The number of carbonyl (C=O) groups excluding carboxylic acids is 1. The van der Waals surface area contributed by atoms with Crippen molar-refractivity contribution in [3.63, 3.8) is 0 Å². The van der Waals surface area contributed by atoms with Crippen LogP contribution in [0.2, 0.25) is 0 Å². The lowest BCUT2D eigenvalue weighted by Crippen LogP contribution is -2.28. The van der Waals surface area contributed by atoms with Gasteiger partial charge in [-0.1, -0.05) is 0 Å². The van der Waals surface area contributed by atoms with Crippen LogP contribution in [-0.4, -0.2) is 43.4 Å². The molecule has 5 nitrogen and oxygen atoms in total. The number of hydrogen-bond acceptors (Lipinski definition) is 2. The van der Waals surface area contributed by atoms with Gasteiger partial charge in [-0.3, -0.25) is 0 Å². The quantitative estimate of drug-likeness (QED) is 0.322. The summed E-state index contributed by atoms with van der Waals surface area (Å²) in [7, 11) is 5.10. The standard InChI is InChI=1S/C5H12N4O/c1-8(2)4-7-9(3)5(6)10/h4H,1-3H3,(H2,6,10)/b7-4+. The Hall–Kier alpha value is -1.26. The van der Waals surface area contributed by atoms with Crippen LogP contribution in [0.3, 0.4) is 0 Å². The fraction of sp³-hybridized carbons (Fsp3) is 0.600. The third-order valence-electron chi connectivity index (χ3n) is 0.775. The van der Waals surface area contributed by atoms with Gasteiger partial charge in [0, 0.05) is 21.1 Å². The molecular weight excluding hydrogens is 132 g/mol. The van der Waals surface area contributed by atoms with Crippen LogP contribution in [0.1, 0.15) is 0 Å². The number of nitrogens with zero attached hydrogens (tertiary/aromatic N) is 3. The average molecular weight is 144 g/mol. The largest absolute Gasteiger partial charge is 0.367 e. The van der Waals surface area contributed by atoms with E-state index in [-0.39, 0.29) is 0 Å². The number of urea groups is 1. The molecule has 0 bridgehead atoms. The summed E-state index contributed by atoms with van der Waals surface area (Å²) in [6.07, 6.45) is 1.49. The summed E-state index contributed by atoms with van der Waals surface area (Å²) in [6.45, 7) is 0. The highest BCUT2D eigenvalue weighted by atomic mass is 16.2. The maximum atomic E-state index is 10.3. The molecule has 0 radical (unpaired) electrons. The van der Waals surface area contributed by atoms with E-state index in [1.165, 1.54) is 13.4 Å². The first kappa shape index (κ1) is 8.74. The van der Waals surface area contributed by atoms with E-state index in [9.17, 15) is 4.79 Å². The maximum absolute atomic E-state index is 10.3. The van der Waals surface area contributed by atoms with E-state index in [0.717, 1.165) is 5.01 Å². The molecule has 10 heavy (non-hydrogen) atoms. The molecule has 0 spiro atoms. The highest BCUT2D eigenvalue weighted by molar-refractivity contribution is 5.72. The van der Waals surface area contributed by atoms with Gasteiger partial charge in [0.1, 0.15) is 6.34 Å². The average Bonchev–Trinajstić information content (AvgIpc) is 1.82. The predicted octanol–water partition coefficient (Wildman–Crippen LogP) is -0.498. The lowest BCUT2D eigenvalue weighted by molar-refractivity contribution is 0.220. The summed E-state index contributed by atoms with van der Waals surface area (Å²) >= 11 is 0. The van der Waals surface area contributed by atoms with Crippen molar-refractivity contribution in [1.29, 1.82) is 0 Å². The number of rotatable bonds is 2. The molecular formula is C5H12N4O. The fourth-order valence-corrected chi connectivity index (χ4v) is 0.238. The van der Waals surface area contributed by atoms with Crippen LogP contribution in [-0.2, 0) is 0 Å². The number of hydrogen-bond donors (Lipinski definition) is 1. The Labute approximate surface area is 60.1 Å². The first-order valence-corrected chi connectivity index (χ1v) is 2.77. The number of nitrogens with two attached hydrogens (primary N) is 1. The van der Waals surface area contributed by atoms with Crippen LogP contribution in [0, 0.1) is 0 Å². The van der Waals surface area contributed by atoms with Crippen LogP contribution in [0.25, 0.3) is 0 Å². The summed E-state index contributed by atoms with van der Waals surface area (Å²) in [4.78, 5) is 12.0. The summed E-state index contributed by atoms with van der Waals surface area (Å²) in [5.74, 6) is 0. The van der Waals surface area contributed by atoms with Gasteiger partial charge in [0.2, 0.25) is 0 Å². The second kappa shape index (κ2) is 3.71. The minimum absolute atomic E-state index is 0.571. The Morgan fingerprint density at radius 1 is 1.50 bits per heavy atom. The molecule has 0 aromatic carbocycles. The van der Waals surface area contributed by atoms with E-state index in [2.05, 4.69) is 5.10 Å². The Morgan fingerprint density at radius 3 is 2.30 bits per heavy atom. The zero-order chi connectivity index (χ0) is 8.15. The number of carbonyl (C=O) groups is 1. The van der Waals surface area contributed by atoms with Gasteiger partial charge in [-0.25, -0.2) is 9.80 Å². The van der Waals surface area contributed by atoms with Gasteiger partial charge in [-0.05, 0) is 0 Å². The molecule has 0 saturated carbocycles. The van der Waals surface area contributed by atoms with E-state index in [1.807, 2.05) is 0 Å². The van der Waals surface area contributed by atoms with Crippen molar-refractivity contribution in [3.05, 3.63) is 0 Å². The van der Waals surface area contributed by atoms with Gasteiger partial charge in [0.05, 0.1) is 0 Å². The van der Waals surface area contributed by atoms with E-state index < -0.39 is 6.03 Å². The summed E-state index contributed by atoms with van der Waals surface area (Å²) in [5.41, 5.74) is 4.88. The minimum atomic E-state index is -0.571.